The van der Waals surface area contributed by atoms with Crippen molar-refractivity contribution in [2.24, 2.45) is 0 Å². The molecule has 1 saturated heterocycles. The maximum atomic E-state index is 12.2. The van der Waals surface area contributed by atoms with Crippen molar-refractivity contribution in [2.45, 2.75) is 31.6 Å². The van der Waals surface area contributed by atoms with E-state index in [0.717, 1.165) is 62.8 Å². The van der Waals surface area contributed by atoms with Gasteiger partial charge in [-0.25, -0.2) is 0 Å². The number of benzene rings is 1. The van der Waals surface area contributed by atoms with Gasteiger partial charge in [-0.2, -0.15) is 11.8 Å². The minimum absolute atomic E-state index is 0.113. The van der Waals surface area contributed by atoms with Crippen LogP contribution in [0.25, 0.3) is 0 Å². The predicted octanol–water partition coefficient (Wildman–Crippen LogP) is 3.96. The van der Waals surface area contributed by atoms with E-state index in [1.807, 2.05) is 23.9 Å². The summed E-state index contributed by atoms with van der Waals surface area (Å²) in [5.74, 6) is 3.97. The quantitative estimate of drug-likeness (QED) is 0.470. The van der Waals surface area contributed by atoms with Gasteiger partial charge in [0.2, 0.25) is 11.2 Å². The minimum atomic E-state index is -0.113. The van der Waals surface area contributed by atoms with Crippen LogP contribution in [0, 0.1) is 0 Å². The molecule has 164 valence electrons. The zero-order chi connectivity index (χ0) is 21.0. The highest BCUT2D eigenvalue weighted by atomic mass is 32.2. The maximum Gasteiger partial charge on any atom is 0.227 e. The van der Waals surface area contributed by atoms with Crippen LogP contribution in [0.15, 0.2) is 45.8 Å². The van der Waals surface area contributed by atoms with Gasteiger partial charge in [0, 0.05) is 24.9 Å². The number of hydrogen-bond donors (Lipinski definition) is 0. The first-order chi connectivity index (χ1) is 14.7. The molecule has 0 N–H and O–H groups in total. The summed E-state index contributed by atoms with van der Waals surface area (Å²) in [7, 11) is 1.69. The third-order valence-corrected chi connectivity index (χ3v) is 6.04. The van der Waals surface area contributed by atoms with Gasteiger partial charge in [0.05, 0.1) is 33.5 Å². The number of morpholine rings is 1. The van der Waals surface area contributed by atoms with Crippen molar-refractivity contribution >= 4 is 11.8 Å². The number of nitrogens with zero attached hydrogens (tertiary/aromatic N) is 1. The Balaban J connectivity index is 1.27. The normalized spacial score (nSPS) is 14.6. The lowest BCUT2D eigenvalue weighted by Crippen LogP contribution is -2.35. The van der Waals surface area contributed by atoms with Gasteiger partial charge in [-0.1, -0.05) is 12.1 Å². The Morgan fingerprint density at radius 2 is 2.00 bits per heavy atom. The van der Waals surface area contributed by atoms with E-state index < -0.39 is 0 Å². The van der Waals surface area contributed by atoms with E-state index in [4.69, 9.17) is 18.6 Å². The largest absolute Gasteiger partial charge is 0.497 e. The van der Waals surface area contributed by atoms with Gasteiger partial charge in [0.25, 0.3) is 0 Å². The fourth-order valence-electron chi connectivity index (χ4n) is 3.22. The summed E-state index contributed by atoms with van der Waals surface area (Å²) in [4.78, 5) is 14.4. The zero-order valence-electron chi connectivity index (χ0n) is 17.6. The third-order valence-electron chi connectivity index (χ3n) is 4.93. The summed E-state index contributed by atoms with van der Waals surface area (Å²) >= 11 is 1.92. The van der Waals surface area contributed by atoms with Crippen molar-refractivity contribution in [2.75, 3.05) is 45.8 Å². The molecule has 1 aliphatic heterocycles. The van der Waals surface area contributed by atoms with Crippen LogP contribution in [0.1, 0.15) is 30.6 Å². The fraction of sp³-hybridized carbons (Fsp3) is 0.522. The van der Waals surface area contributed by atoms with E-state index >= 15 is 0 Å². The molecule has 0 spiro atoms. The summed E-state index contributed by atoms with van der Waals surface area (Å²) in [5, 5.41) is 0. The molecule has 6 nitrogen and oxygen atoms in total. The van der Waals surface area contributed by atoms with Gasteiger partial charge in [-0.05, 0) is 42.7 Å². The summed E-state index contributed by atoms with van der Waals surface area (Å²) in [6, 6.07) is 9.74. The number of ether oxygens (including phenoxy) is 3. The molecule has 1 fully saturated rings. The Morgan fingerprint density at radius 1 is 1.13 bits per heavy atom. The van der Waals surface area contributed by atoms with Crippen LogP contribution < -0.4 is 14.9 Å². The van der Waals surface area contributed by atoms with Gasteiger partial charge in [0.1, 0.15) is 17.8 Å². The summed E-state index contributed by atoms with van der Waals surface area (Å²) < 4.78 is 21.8. The number of hydrogen-bond acceptors (Lipinski definition) is 7. The van der Waals surface area contributed by atoms with E-state index in [9.17, 15) is 4.79 Å². The first kappa shape index (κ1) is 22.7. The zero-order valence-corrected chi connectivity index (χ0v) is 18.5. The highest BCUT2D eigenvalue weighted by Gasteiger charge is 2.13. The first-order valence-electron chi connectivity index (χ1n) is 10.5. The van der Waals surface area contributed by atoms with Gasteiger partial charge in [0.15, 0.2) is 0 Å². The molecular formula is C23H31NO5S. The second-order valence-corrected chi connectivity index (χ2v) is 8.38. The van der Waals surface area contributed by atoms with Crippen molar-refractivity contribution in [1.29, 1.82) is 0 Å². The van der Waals surface area contributed by atoms with Gasteiger partial charge >= 0.3 is 0 Å². The molecule has 2 heterocycles. The molecular weight excluding hydrogens is 402 g/mol. The van der Waals surface area contributed by atoms with Crippen LogP contribution in [-0.2, 0) is 17.0 Å². The van der Waals surface area contributed by atoms with E-state index in [2.05, 4.69) is 17.0 Å². The molecule has 0 unspecified atom stereocenters. The molecule has 0 radical (unpaired) electrons. The number of unbranched alkanes of at least 4 members (excludes halogenated alkanes) is 2. The SMILES string of the molecule is COc1cccc(CSCCCCCOc2coc(CN3CCOCC3)cc2=O)c1. The van der Waals surface area contributed by atoms with Crippen LogP contribution in [0.4, 0.5) is 0 Å². The van der Waals surface area contributed by atoms with Gasteiger partial charge in [-0.15, -0.1) is 0 Å². The van der Waals surface area contributed by atoms with Crippen molar-refractivity contribution in [1.82, 2.24) is 4.90 Å². The second-order valence-electron chi connectivity index (χ2n) is 7.28. The average molecular weight is 434 g/mol. The molecule has 2 aromatic rings. The van der Waals surface area contributed by atoms with E-state index in [1.165, 1.54) is 11.8 Å². The molecule has 0 saturated carbocycles. The van der Waals surface area contributed by atoms with Crippen LogP contribution in [0.5, 0.6) is 11.5 Å². The number of rotatable bonds is 12. The lowest BCUT2D eigenvalue weighted by Gasteiger charge is -2.25. The summed E-state index contributed by atoms with van der Waals surface area (Å²) in [6.07, 6.45) is 4.58. The van der Waals surface area contributed by atoms with E-state index in [0.29, 0.717) is 24.7 Å². The fourth-order valence-corrected chi connectivity index (χ4v) is 4.19. The molecule has 7 heteroatoms. The lowest BCUT2D eigenvalue weighted by molar-refractivity contribution is 0.0310. The van der Waals surface area contributed by atoms with Crippen molar-refractivity contribution in [3.63, 3.8) is 0 Å². The molecule has 1 aromatic heterocycles. The molecule has 30 heavy (non-hydrogen) atoms. The standard InChI is InChI=1S/C23H31NO5S/c1-26-20-7-5-6-19(14-20)18-30-13-4-2-3-10-28-23-17-29-21(15-22(23)25)16-24-8-11-27-12-9-24/h5-7,14-15,17H,2-4,8-13,16,18H2,1H3. The first-order valence-corrected chi connectivity index (χ1v) is 11.7. The second kappa shape index (κ2) is 12.7. The van der Waals surface area contributed by atoms with E-state index in [-0.39, 0.29) is 5.43 Å². The Hall–Kier alpha value is -1.96. The van der Waals surface area contributed by atoms with Crippen LogP contribution in [0.3, 0.4) is 0 Å². The topological polar surface area (TPSA) is 61.1 Å². The molecule has 0 bridgehead atoms. The maximum absolute atomic E-state index is 12.2. The van der Waals surface area contributed by atoms with Crippen molar-refractivity contribution < 1.29 is 18.6 Å². The number of methoxy groups -OCH3 is 1. The van der Waals surface area contributed by atoms with Crippen LogP contribution in [-0.4, -0.2) is 50.7 Å². The summed E-state index contributed by atoms with van der Waals surface area (Å²) in [6.45, 7) is 4.34. The third kappa shape index (κ3) is 7.70. The molecule has 0 atom stereocenters. The molecule has 1 aromatic carbocycles. The monoisotopic (exact) mass is 433 g/mol. The Kier molecular flexibility index (Phi) is 9.60. The highest BCUT2D eigenvalue weighted by Crippen LogP contribution is 2.19. The predicted molar refractivity (Wildman–Crippen MR) is 120 cm³/mol. The lowest BCUT2D eigenvalue weighted by atomic mass is 10.2. The summed E-state index contributed by atoms with van der Waals surface area (Å²) in [5.41, 5.74) is 1.17. The molecule has 1 aliphatic rings. The Bertz CT molecular complexity index is 819. The number of thioether (sulfide) groups is 1. The van der Waals surface area contributed by atoms with Crippen molar-refractivity contribution in [3.05, 3.63) is 58.1 Å². The van der Waals surface area contributed by atoms with Crippen LogP contribution >= 0.6 is 11.8 Å². The minimum Gasteiger partial charge on any atom is -0.497 e. The molecule has 0 aliphatic carbocycles. The average Bonchev–Trinajstić information content (AvgIpc) is 2.77. The van der Waals surface area contributed by atoms with Gasteiger partial charge < -0.3 is 18.6 Å². The molecule has 0 amide bonds. The molecule has 3 rings (SSSR count). The Morgan fingerprint density at radius 3 is 2.80 bits per heavy atom. The smallest absolute Gasteiger partial charge is 0.227 e. The van der Waals surface area contributed by atoms with Crippen LogP contribution in [0.2, 0.25) is 0 Å². The Labute approximate surface area is 182 Å². The van der Waals surface area contributed by atoms with Gasteiger partial charge in [-0.3, -0.25) is 9.69 Å². The van der Waals surface area contributed by atoms with E-state index in [1.54, 1.807) is 13.2 Å². The van der Waals surface area contributed by atoms with Crippen molar-refractivity contribution in [3.8, 4) is 11.5 Å². The highest BCUT2D eigenvalue weighted by molar-refractivity contribution is 7.98.